The second-order valence-electron chi connectivity index (χ2n) is 8.98. The molecule has 1 aliphatic carbocycles. The predicted octanol–water partition coefficient (Wildman–Crippen LogP) is 0.817. The standard InChI is InChI=1S/C21H32N4O3/c1-16(26)24-11-8-21(28,15-24)14-23-9-6-17(7-10-23)13-25-20(27)12-18-4-2-3-5-19(18)22-25/h12,17,28H,2-11,13-15H2,1H3. The van der Waals surface area contributed by atoms with Gasteiger partial charge in [-0.2, -0.15) is 5.10 Å². The van der Waals surface area contributed by atoms with Gasteiger partial charge in [0.05, 0.1) is 17.8 Å². The van der Waals surface area contributed by atoms with Crippen LogP contribution in [0.4, 0.5) is 0 Å². The maximum absolute atomic E-state index is 12.4. The van der Waals surface area contributed by atoms with Crippen LogP contribution in [0.2, 0.25) is 0 Å². The zero-order valence-corrected chi connectivity index (χ0v) is 16.9. The second kappa shape index (κ2) is 7.95. The molecule has 1 aromatic heterocycles. The molecule has 1 unspecified atom stereocenters. The molecule has 154 valence electrons. The highest BCUT2D eigenvalue weighted by molar-refractivity contribution is 5.73. The van der Waals surface area contributed by atoms with E-state index >= 15 is 0 Å². The van der Waals surface area contributed by atoms with Crippen molar-refractivity contribution in [1.29, 1.82) is 0 Å². The Morgan fingerprint density at radius 2 is 2.00 bits per heavy atom. The van der Waals surface area contributed by atoms with Gasteiger partial charge in [0.25, 0.3) is 5.56 Å². The van der Waals surface area contributed by atoms with Crippen LogP contribution < -0.4 is 5.56 Å². The number of nitrogens with zero attached hydrogens (tertiary/aromatic N) is 4. The lowest BCUT2D eigenvalue weighted by Gasteiger charge is -2.36. The summed E-state index contributed by atoms with van der Waals surface area (Å²) in [6.07, 6.45) is 6.98. The fourth-order valence-corrected chi connectivity index (χ4v) is 4.97. The van der Waals surface area contributed by atoms with Gasteiger partial charge < -0.3 is 14.9 Å². The highest BCUT2D eigenvalue weighted by atomic mass is 16.3. The third kappa shape index (κ3) is 4.30. The molecule has 1 aromatic rings. The monoisotopic (exact) mass is 388 g/mol. The third-order valence-electron chi connectivity index (χ3n) is 6.71. The molecule has 0 aromatic carbocycles. The number of aromatic nitrogens is 2. The molecule has 0 spiro atoms. The third-order valence-corrected chi connectivity index (χ3v) is 6.71. The first kappa shape index (κ1) is 19.6. The summed E-state index contributed by atoms with van der Waals surface area (Å²) in [4.78, 5) is 28.0. The number of β-amino-alcohol motifs (C(OH)–C–C–N with tert-alkyl or cyclic N) is 1. The molecule has 3 aliphatic rings. The Balaban J connectivity index is 1.30. The fraction of sp³-hybridized carbons (Fsp3) is 0.762. The van der Waals surface area contributed by atoms with Gasteiger partial charge in [0.15, 0.2) is 0 Å². The number of hydrogen-bond acceptors (Lipinski definition) is 5. The van der Waals surface area contributed by atoms with Crippen molar-refractivity contribution in [3.8, 4) is 0 Å². The number of carbonyl (C=O) groups is 1. The number of likely N-dealkylation sites (tertiary alicyclic amines) is 2. The van der Waals surface area contributed by atoms with Gasteiger partial charge in [-0.3, -0.25) is 9.59 Å². The van der Waals surface area contributed by atoms with Crippen LogP contribution in [0.25, 0.3) is 0 Å². The van der Waals surface area contributed by atoms with Gasteiger partial charge >= 0.3 is 0 Å². The van der Waals surface area contributed by atoms with Gasteiger partial charge in [0.2, 0.25) is 5.91 Å². The first-order valence-electron chi connectivity index (χ1n) is 10.7. The van der Waals surface area contributed by atoms with E-state index in [9.17, 15) is 14.7 Å². The van der Waals surface area contributed by atoms with E-state index in [0.717, 1.165) is 56.5 Å². The normalized spacial score (nSPS) is 26.4. The van der Waals surface area contributed by atoms with E-state index in [1.165, 1.54) is 6.42 Å². The summed E-state index contributed by atoms with van der Waals surface area (Å²) in [5.41, 5.74) is 1.51. The molecule has 2 fully saturated rings. The zero-order valence-electron chi connectivity index (χ0n) is 16.9. The molecule has 2 aliphatic heterocycles. The number of aliphatic hydroxyl groups is 1. The number of rotatable bonds is 4. The lowest BCUT2D eigenvalue weighted by Crippen LogP contribution is -2.48. The highest BCUT2D eigenvalue weighted by Crippen LogP contribution is 2.26. The van der Waals surface area contributed by atoms with Gasteiger partial charge in [-0.1, -0.05) is 0 Å². The summed E-state index contributed by atoms with van der Waals surface area (Å²) in [5, 5.41) is 15.5. The first-order valence-corrected chi connectivity index (χ1v) is 10.7. The minimum Gasteiger partial charge on any atom is -0.387 e. The Hall–Kier alpha value is -1.73. The Morgan fingerprint density at radius 1 is 1.25 bits per heavy atom. The van der Waals surface area contributed by atoms with Crippen molar-refractivity contribution in [1.82, 2.24) is 19.6 Å². The van der Waals surface area contributed by atoms with E-state index in [2.05, 4.69) is 10.00 Å². The molecule has 1 atom stereocenters. The molecule has 28 heavy (non-hydrogen) atoms. The second-order valence-corrected chi connectivity index (χ2v) is 8.98. The van der Waals surface area contributed by atoms with Gasteiger partial charge in [-0.15, -0.1) is 0 Å². The summed E-state index contributed by atoms with van der Waals surface area (Å²) in [6, 6.07) is 1.80. The lowest BCUT2D eigenvalue weighted by molar-refractivity contribution is -0.129. The van der Waals surface area contributed by atoms with Crippen LogP contribution in [-0.4, -0.2) is 68.9 Å². The molecule has 0 radical (unpaired) electrons. The Labute approximate surface area is 166 Å². The summed E-state index contributed by atoms with van der Waals surface area (Å²) < 4.78 is 1.68. The van der Waals surface area contributed by atoms with Crippen molar-refractivity contribution >= 4 is 5.91 Å². The van der Waals surface area contributed by atoms with Crippen LogP contribution in [0.15, 0.2) is 10.9 Å². The minimum atomic E-state index is -0.782. The van der Waals surface area contributed by atoms with Crippen LogP contribution in [-0.2, 0) is 24.2 Å². The summed E-state index contributed by atoms with van der Waals surface area (Å²) in [7, 11) is 0. The van der Waals surface area contributed by atoms with Gasteiger partial charge in [-0.25, -0.2) is 4.68 Å². The molecule has 7 heteroatoms. The number of amides is 1. The molecule has 7 nitrogen and oxygen atoms in total. The van der Waals surface area contributed by atoms with Crippen molar-refractivity contribution in [2.24, 2.45) is 5.92 Å². The smallest absolute Gasteiger partial charge is 0.267 e. The van der Waals surface area contributed by atoms with Crippen LogP contribution in [0.5, 0.6) is 0 Å². The number of piperidine rings is 1. The van der Waals surface area contributed by atoms with Crippen molar-refractivity contribution in [3.63, 3.8) is 0 Å². The average molecular weight is 389 g/mol. The Kier molecular flexibility index (Phi) is 5.56. The van der Waals surface area contributed by atoms with Gasteiger partial charge in [-0.05, 0) is 69.5 Å². The van der Waals surface area contributed by atoms with E-state index in [1.54, 1.807) is 22.6 Å². The van der Waals surface area contributed by atoms with Crippen molar-refractivity contribution in [3.05, 3.63) is 27.7 Å². The minimum absolute atomic E-state index is 0.0349. The SMILES string of the molecule is CC(=O)N1CCC(O)(CN2CCC(Cn3nc4c(cc3=O)CCCC4)CC2)C1. The number of carbonyl (C=O) groups excluding carboxylic acids is 1. The number of hydrogen-bond donors (Lipinski definition) is 1. The Bertz CT molecular complexity index is 784. The zero-order chi connectivity index (χ0) is 19.7. The summed E-state index contributed by atoms with van der Waals surface area (Å²) in [5.74, 6) is 0.493. The summed E-state index contributed by atoms with van der Waals surface area (Å²) in [6.45, 7) is 5.82. The van der Waals surface area contributed by atoms with Crippen molar-refractivity contribution in [2.45, 2.75) is 64.0 Å². The maximum atomic E-state index is 12.4. The van der Waals surface area contributed by atoms with Crippen molar-refractivity contribution in [2.75, 3.05) is 32.7 Å². The molecule has 1 N–H and O–H groups in total. The van der Waals surface area contributed by atoms with Crippen LogP contribution in [0.3, 0.4) is 0 Å². The predicted molar refractivity (Wildman–Crippen MR) is 106 cm³/mol. The molecule has 4 rings (SSSR count). The number of aryl methyl sites for hydroxylation is 2. The largest absolute Gasteiger partial charge is 0.387 e. The number of fused-ring (bicyclic) bond motifs is 1. The van der Waals surface area contributed by atoms with Crippen molar-refractivity contribution < 1.29 is 9.90 Å². The molecule has 2 saturated heterocycles. The fourth-order valence-electron chi connectivity index (χ4n) is 4.97. The molecule has 0 saturated carbocycles. The van der Waals surface area contributed by atoms with Crippen LogP contribution in [0.1, 0.15) is 50.3 Å². The molecular weight excluding hydrogens is 356 g/mol. The Morgan fingerprint density at radius 3 is 2.71 bits per heavy atom. The van der Waals surface area contributed by atoms with Crippen LogP contribution >= 0.6 is 0 Å². The maximum Gasteiger partial charge on any atom is 0.267 e. The summed E-state index contributed by atoms with van der Waals surface area (Å²) >= 11 is 0. The van der Waals surface area contributed by atoms with Gasteiger partial charge in [0.1, 0.15) is 0 Å². The van der Waals surface area contributed by atoms with Gasteiger partial charge in [0, 0.05) is 32.6 Å². The van der Waals surface area contributed by atoms with Crippen LogP contribution in [0, 0.1) is 5.92 Å². The highest BCUT2D eigenvalue weighted by Gasteiger charge is 2.39. The molecule has 0 bridgehead atoms. The van der Waals surface area contributed by atoms with E-state index < -0.39 is 5.60 Å². The molecular formula is C21H32N4O3. The topological polar surface area (TPSA) is 78.7 Å². The average Bonchev–Trinajstić information content (AvgIpc) is 3.06. The van der Waals surface area contributed by atoms with E-state index in [1.807, 2.05) is 0 Å². The molecule has 1 amide bonds. The first-order chi connectivity index (χ1) is 13.4. The quantitative estimate of drug-likeness (QED) is 0.826. The van der Waals surface area contributed by atoms with E-state index in [-0.39, 0.29) is 11.5 Å². The van der Waals surface area contributed by atoms with E-state index in [4.69, 9.17) is 0 Å². The lowest BCUT2D eigenvalue weighted by atomic mass is 9.94. The molecule has 3 heterocycles. The van der Waals surface area contributed by atoms with E-state index in [0.29, 0.717) is 38.5 Å².